The molecule has 4 heteroatoms. The van der Waals surface area contributed by atoms with Crippen LogP contribution in [0.3, 0.4) is 0 Å². The van der Waals surface area contributed by atoms with Crippen LogP contribution in [0.5, 0.6) is 0 Å². The highest BCUT2D eigenvalue weighted by Gasteiger charge is 2.14. The highest BCUT2D eigenvalue weighted by atomic mass is 32.1. The molecular weight excluding hydrogens is 196 g/mol. The molecule has 1 fully saturated rings. The summed E-state index contributed by atoms with van der Waals surface area (Å²) < 4.78 is 5.52. The van der Waals surface area contributed by atoms with Gasteiger partial charge in [-0.15, -0.1) is 11.3 Å². The lowest BCUT2D eigenvalue weighted by Crippen LogP contribution is -2.25. The number of aromatic nitrogens is 1. The van der Waals surface area contributed by atoms with Crippen molar-refractivity contribution in [3.05, 3.63) is 16.1 Å². The van der Waals surface area contributed by atoms with Gasteiger partial charge in [0.2, 0.25) is 0 Å². The molecule has 1 atom stereocenters. The van der Waals surface area contributed by atoms with E-state index in [0.29, 0.717) is 6.10 Å². The normalized spacial score (nSPS) is 21.6. The molecule has 78 valence electrons. The van der Waals surface area contributed by atoms with E-state index in [1.54, 1.807) is 11.3 Å². The van der Waals surface area contributed by atoms with Gasteiger partial charge in [0.15, 0.2) is 0 Å². The fraction of sp³-hybridized carbons (Fsp3) is 0.700. The summed E-state index contributed by atoms with van der Waals surface area (Å²) in [6, 6.07) is 0. The van der Waals surface area contributed by atoms with Crippen molar-refractivity contribution in [3.63, 3.8) is 0 Å². The molecule has 2 heterocycles. The van der Waals surface area contributed by atoms with Crippen LogP contribution in [0.2, 0.25) is 0 Å². The average molecular weight is 212 g/mol. The number of thiazole rings is 1. The Balaban J connectivity index is 1.67. The lowest BCUT2D eigenvalue weighted by atomic mass is 10.2. The van der Waals surface area contributed by atoms with Crippen molar-refractivity contribution < 1.29 is 4.74 Å². The van der Waals surface area contributed by atoms with Crippen LogP contribution in [-0.4, -0.2) is 24.2 Å². The predicted octanol–water partition coefficient (Wildman–Crippen LogP) is 1.72. The highest BCUT2D eigenvalue weighted by Crippen LogP contribution is 2.11. The van der Waals surface area contributed by atoms with E-state index in [1.165, 1.54) is 12.8 Å². The molecule has 2 rings (SSSR count). The summed E-state index contributed by atoms with van der Waals surface area (Å²) in [4.78, 5) is 4.39. The van der Waals surface area contributed by atoms with Gasteiger partial charge in [-0.05, 0) is 19.8 Å². The van der Waals surface area contributed by atoms with Gasteiger partial charge in [-0.25, -0.2) is 4.98 Å². The molecule has 1 aromatic heterocycles. The molecule has 1 aliphatic rings. The quantitative estimate of drug-likeness (QED) is 0.825. The van der Waals surface area contributed by atoms with Gasteiger partial charge in [0, 0.05) is 25.1 Å². The first-order valence-electron chi connectivity index (χ1n) is 5.08. The number of hydrogen-bond donors (Lipinski definition) is 1. The van der Waals surface area contributed by atoms with Gasteiger partial charge < -0.3 is 10.1 Å². The maximum atomic E-state index is 5.52. The van der Waals surface area contributed by atoms with E-state index >= 15 is 0 Å². The summed E-state index contributed by atoms with van der Waals surface area (Å²) in [5.74, 6) is 0. The van der Waals surface area contributed by atoms with Crippen molar-refractivity contribution in [2.45, 2.75) is 32.4 Å². The standard InChI is InChI=1S/C10H16N2OS/c1-8-12-9(7-14-8)5-11-6-10-3-2-4-13-10/h7,10-11H,2-6H2,1H3. The summed E-state index contributed by atoms with van der Waals surface area (Å²) in [6.07, 6.45) is 2.83. The monoisotopic (exact) mass is 212 g/mol. The number of hydrogen-bond acceptors (Lipinski definition) is 4. The molecule has 1 N–H and O–H groups in total. The molecule has 14 heavy (non-hydrogen) atoms. The van der Waals surface area contributed by atoms with Crippen LogP contribution in [-0.2, 0) is 11.3 Å². The summed E-state index contributed by atoms with van der Waals surface area (Å²) >= 11 is 1.70. The lowest BCUT2D eigenvalue weighted by Gasteiger charge is -2.09. The Bertz CT molecular complexity index is 281. The highest BCUT2D eigenvalue weighted by molar-refractivity contribution is 7.09. The van der Waals surface area contributed by atoms with Crippen LogP contribution >= 0.6 is 11.3 Å². The molecule has 0 radical (unpaired) electrons. The predicted molar refractivity (Wildman–Crippen MR) is 57.5 cm³/mol. The topological polar surface area (TPSA) is 34.2 Å². The Kier molecular flexibility index (Phi) is 3.50. The molecule has 1 saturated heterocycles. The minimum Gasteiger partial charge on any atom is -0.377 e. The van der Waals surface area contributed by atoms with E-state index in [-0.39, 0.29) is 0 Å². The van der Waals surface area contributed by atoms with E-state index < -0.39 is 0 Å². The van der Waals surface area contributed by atoms with Gasteiger partial charge in [-0.3, -0.25) is 0 Å². The van der Waals surface area contributed by atoms with Gasteiger partial charge in [-0.1, -0.05) is 0 Å². The van der Waals surface area contributed by atoms with Crippen molar-refractivity contribution in [1.82, 2.24) is 10.3 Å². The third kappa shape index (κ3) is 2.77. The van der Waals surface area contributed by atoms with Gasteiger partial charge in [-0.2, -0.15) is 0 Å². The molecule has 1 unspecified atom stereocenters. The van der Waals surface area contributed by atoms with E-state index in [9.17, 15) is 0 Å². The SMILES string of the molecule is Cc1nc(CNCC2CCCO2)cs1. The number of nitrogens with zero attached hydrogens (tertiary/aromatic N) is 1. The lowest BCUT2D eigenvalue weighted by molar-refractivity contribution is 0.110. The fourth-order valence-corrected chi connectivity index (χ4v) is 2.27. The summed E-state index contributed by atoms with van der Waals surface area (Å²) in [6.45, 7) is 4.79. The molecule has 3 nitrogen and oxygen atoms in total. The molecule has 0 spiro atoms. The van der Waals surface area contributed by atoms with Crippen molar-refractivity contribution in [2.24, 2.45) is 0 Å². The van der Waals surface area contributed by atoms with Crippen LogP contribution < -0.4 is 5.32 Å². The molecule has 0 aliphatic carbocycles. The summed E-state index contributed by atoms with van der Waals surface area (Å²) in [5.41, 5.74) is 1.14. The zero-order chi connectivity index (χ0) is 9.80. The molecule has 1 aliphatic heterocycles. The maximum absolute atomic E-state index is 5.52. The van der Waals surface area contributed by atoms with Gasteiger partial charge in [0.25, 0.3) is 0 Å². The second kappa shape index (κ2) is 4.87. The molecule has 0 aromatic carbocycles. The van der Waals surface area contributed by atoms with Crippen molar-refractivity contribution in [1.29, 1.82) is 0 Å². The summed E-state index contributed by atoms with van der Waals surface area (Å²) in [5, 5.41) is 6.62. The van der Waals surface area contributed by atoms with Crippen molar-refractivity contribution in [3.8, 4) is 0 Å². The Morgan fingerprint density at radius 1 is 1.71 bits per heavy atom. The Morgan fingerprint density at radius 2 is 2.64 bits per heavy atom. The molecule has 1 aromatic rings. The minimum atomic E-state index is 0.426. The van der Waals surface area contributed by atoms with E-state index in [1.807, 2.05) is 6.92 Å². The number of rotatable bonds is 4. The van der Waals surface area contributed by atoms with Crippen LogP contribution in [0.1, 0.15) is 23.5 Å². The van der Waals surface area contributed by atoms with Gasteiger partial charge in [0.1, 0.15) is 0 Å². The van der Waals surface area contributed by atoms with Crippen molar-refractivity contribution in [2.75, 3.05) is 13.2 Å². The van der Waals surface area contributed by atoms with E-state index in [2.05, 4.69) is 15.7 Å². The maximum Gasteiger partial charge on any atom is 0.0897 e. The first kappa shape index (κ1) is 10.1. The summed E-state index contributed by atoms with van der Waals surface area (Å²) in [7, 11) is 0. The molecule has 0 amide bonds. The molecular formula is C10H16N2OS. The Hall–Kier alpha value is -0.450. The smallest absolute Gasteiger partial charge is 0.0897 e. The first-order valence-corrected chi connectivity index (χ1v) is 5.96. The second-order valence-corrected chi connectivity index (χ2v) is 4.69. The molecule has 0 bridgehead atoms. The minimum absolute atomic E-state index is 0.426. The third-order valence-corrected chi connectivity index (χ3v) is 3.19. The average Bonchev–Trinajstić information content (AvgIpc) is 2.77. The zero-order valence-corrected chi connectivity index (χ0v) is 9.27. The Morgan fingerprint density at radius 3 is 3.29 bits per heavy atom. The number of ether oxygens (including phenoxy) is 1. The van der Waals surface area contributed by atoms with Crippen LogP contribution in [0.4, 0.5) is 0 Å². The van der Waals surface area contributed by atoms with Gasteiger partial charge in [0.05, 0.1) is 16.8 Å². The van der Waals surface area contributed by atoms with E-state index in [4.69, 9.17) is 4.74 Å². The van der Waals surface area contributed by atoms with Gasteiger partial charge >= 0.3 is 0 Å². The number of aryl methyl sites for hydroxylation is 1. The fourth-order valence-electron chi connectivity index (χ4n) is 1.66. The zero-order valence-electron chi connectivity index (χ0n) is 8.45. The van der Waals surface area contributed by atoms with Crippen molar-refractivity contribution >= 4 is 11.3 Å². The third-order valence-electron chi connectivity index (χ3n) is 2.37. The van der Waals surface area contributed by atoms with Crippen LogP contribution in [0.15, 0.2) is 5.38 Å². The largest absolute Gasteiger partial charge is 0.377 e. The van der Waals surface area contributed by atoms with Crippen LogP contribution in [0.25, 0.3) is 0 Å². The number of nitrogens with one attached hydrogen (secondary N) is 1. The van der Waals surface area contributed by atoms with Crippen LogP contribution in [0, 0.1) is 6.92 Å². The first-order chi connectivity index (χ1) is 6.84. The Labute approximate surface area is 88.5 Å². The second-order valence-electron chi connectivity index (χ2n) is 3.62. The molecule has 0 saturated carbocycles. The van der Waals surface area contributed by atoms with E-state index in [0.717, 1.165) is 30.4 Å².